The number of fused-ring (bicyclic) bond motifs is 1. The summed E-state index contributed by atoms with van der Waals surface area (Å²) in [5.41, 5.74) is -4.66. The molecule has 3 aromatic rings. The number of amides is 1. The quantitative estimate of drug-likeness (QED) is 0.577. The van der Waals surface area contributed by atoms with Crippen molar-refractivity contribution in [3.8, 4) is 0 Å². The second-order valence-electron chi connectivity index (χ2n) is 8.06. The highest BCUT2D eigenvalue weighted by atomic mass is 35.5. The molecule has 1 fully saturated rings. The Kier molecular flexibility index (Phi) is 5.29. The molecule has 32 heavy (non-hydrogen) atoms. The van der Waals surface area contributed by atoms with Crippen molar-refractivity contribution in [1.29, 1.82) is 0 Å². The Labute approximate surface area is 185 Å². The van der Waals surface area contributed by atoms with Gasteiger partial charge >= 0.3 is 11.8 Å². The average molecular weight is 467 g/mol. The molecule has 0 radical (unpaired) electrons. The number of benzene rings is 2. The molecule has 1 unspecified atom stereocenters. The van der Waals surface area contributed by atoms with E-state index in [-0.39, 0.29) is 16.1 Å². The second kappa shape index (κ2) is 7.60. The summed E-state index contributed by atoms with van der Waals surface area (Å²) in [5.74, 6) is -1.61. The molecule has 1 heterocycles. The third-order valence-electron chi connectivity index (χ3n) is 5.89. The first-order chi connectivity index (χ1) is 15.0. The fraction of sp³-hybridized carbons (Fsp3) is 0.318. The highest BCUT2D eigenvalue weighted by Crippen LogP contribution is 2.57. The Morgan fingerprint density at radius 2 is 1.91 bits per heavy atom. The lowest BCUT2D eigenvalue weighted by molar-refractivity contribution is -0.253. The minimum Gasteiger partial charge on any atom is -0.373 e. The van der Waals surface area contributed by atoms with Gasteiger partial charge in [-0.3, -0.25) is 4.79 Å². The van der Waals surface area contributed by atoms with E-state index < -0.39 is 35.1 Å². The van der Waals surface area contributed by atoms with Gasteiger partial charge in [0.15, 0.2) is 0 Å². The van der Waals surface area contributed by atoms with E-state index >= 15 is 0 Å². The van der Waals surface area contributed by atoms with Gasteiger partial charge < -0.3 is 14.9 Å². The van der Waals surface area contributed by atoms with Crippen LogP contribution in [-0.2, 0) is 10.2 Å². The first kappa shape index (κ1) is 22.3. The molecule has 2 N–H and O–H groups in total. The van der Waals surface area contributed by atoms with Crippen molar-refractivity contribution in [2.45, 2.75) is 43.4 Å². The maximum absolute atomic E-state index is 14.0. The minimum atomic E-state index is -5.23. The van der Waals surface area contributed by atoms with E-state index in [2.05, 4.69) is 15.0 Å². The first-order valence-electron chi connectivity index (χ1n) is 9.73. The van der Waals surface area contributed by atoms with Crippen LogP contribution in [0, 0.1) is 6.92 Å². The molecule has 6 nitrogen and oxygen atoms in total. The summed E-state index contributed by atoms with van der Waals surface area (Å²) in [4.78, 5) is 24.5. The smallest absolute Gasteiger partial charge is 0.373 e. The molecule has 1 aromatic heterocycles. The topological polar surface area (TPSA) is 92.4 Å². The average Bonchev–Trinajstić information content (AvgIpc) is 3.50. The zero-order valence-corrected chi connectivity index (χ0v) is 17.5. The molecule has 1 atom stereocenters. The molecule has 0 aliphatic heterocycles. The molecule has 2 aromatic carbocycles. The van der Waals surface area contributed by atoms with Gasteiger partial charge in [-0.25, -0.2) is 4.79 Å². The molecule has 1 amide bonds. The lowest BCUT2D eigenvalue weighted by Crippen LogP contribution is -2.56. The van der Waals surface area contributed by atoms with E-state index in [1.165, 1.54) is 18.2 Å². The van der Waals surface area contributed by atoms with E-state index in [0.29, 0.717) is 29.5 Å². The van der Waals surface area contributed by atoms with Crippen LogP contribution in [-0.4, -0.2) is 27.9 Å². The van der Waals surface area contributed by atoms with Crippen molar-refractivity contribution in [2.24, 2.45) is 0 Å². The van der Waals surface area contributed by atoms with Crippen molar-refractivity contribution in [1.82, 2.24) is 5.16 Å². The van der Waals surface area contributed by atoms with E-state index in [4.69, 9.17) is 11.6 Å². The zero-order chi connectivity index (χ0) is 23.3. The number of hydrogen-bond acceptors (Lipinski definition) is 5. The molecular formula is C22H18ClF3N2O4. The van der Waals surface area contributed by atoms with Crippen molar-refractivity contribution >= 4 is 34.0 Å². The minimum absolute atomic E-state index is 0.0248. The first-order valence-corrected chi connectivity index (χ1v) is 10.1. The highest BCUT2D eigenvalue weighted by molar-refractivity contribution is 6.31. The number of rotatable bonds is 5. The Morgan fingerprint density at radius 1 is 1.22 bits per heavy atom. The van der Waals surface area contributed by atoms with Crippen LogP contribution < -0.4 is 10.9 Å². The zero-order valence-electron chi connectivity index (χ0n) is 16.8. The van der Waals surface area contributed by atoms with Gasteiger partial charge in [0.1, 0.15) is 0 Å². The van der Waals surface area contributed by atoms with Crippen LogP contribution in [0.15, 0.2) is 51.8 Å². The third-order valence-corrected chi connectivity index (χ3v) is 6.22. The van der Waals surface area contributed by atoms with Crippen LogP contribution in [0.1, 0.15) is 30.5 Å². The Morgan fingerprint density at radius 3 is 2.53 bits per heavy atom. The van der Waals surface area contributed by atoms with Crippen LogP contribution in [0.25, 0.3) is 10.8 Å². The number of carbonyl (C=O) groups is 1. The van der Waals surface area contributed by atoms with Gasteiger partial charge in [-0.05, 0) is 49.6 Å². The standard InChI is InChI=1S/C22H18ClF3N2O4/c1-12-15-10-13(6-7-14(15)18(29)32-28-12)27-19(30)21(31,22(24,25)26)11-20(8-9-20)16-4-2-3-5-17(16)23/h2-7,10,31H,8-9,11H2,1H3,(H,27,30). The number of nitrogens with one attached hydrogen (secondary N) is 1. The van der Waals surface area contributed by atoms with Crippen LogP contribution in [0.4, 0.5) is 18.9 Å². The molecule has 10 heteroatoms. The monoisotopic (exact) mass is 466 g/mol. The van der Waals surface area contributed by atoms with Crippen LogP contribution in [0.3, 0.4) is 0 Å². The van der Waals surface area contributed by atoms with Gasteiger partial charge in [-0.1, -0.05) is 35.0 Å². The SMILES string of the molecule is Cc1noc(=O)c2ccc(NC(=O)C(O)(CC3(c4ccccc4Cl)CC3)C(F)(F)F)cc12. The molecule has 0 spiro atoms. The molecule has 0 saturated heterocycles. The fourth-order valence-electron chi connectivity index (χ4n) is 3.92. The molecule has 4 rings (SSSR count). The molecular weight excluding hydrogens is 449 g/mol. The summed E-state index contributed by atoms with van der Waals surface area (Å²) in [7, 11) is 0. The summed E-state index contributed by atoms with van der Waals surface area (Å²) in [5, 5.41) is 17.1. The fourth-order valence-corrected chi connectivity index (χ4v) is 4.26. The lowest BCUT2D eigenvalue weighted by atomic mass is 9.82. The maximum Gasteiger partial charge on any atom is 0.426 e. The Hall–Kier alpha value is -2.91. The summed E-state index contributed by atoms with van der Waals surface area (Å²) in [6.07, 6.45) is -5.38. The molecule has 0 bridgehead atoms. The number of nitrogens with zero attached hydrogens (tertiary/aromatic N) is 1. The molecule has 1 aliphatic rings. The normalized spacial score (nSPS) is 17.1. The number of halogens is 4. The Bertz CT molecular complexity index is 1270. The number of anilines is 1. The highest BCUT2D eigenvalue weighted by Gasteiger charge is 2.65. The summed E-state index contributed by atoms with van der Waals surface area (Å²) >= 11 is 6.18. The number of aliphatic hydroxyl groups is 1. The van der Waals surface area contributed by atoms with E-state index in [1.54, 1.807) is 31.2 Å². The second-order valence-corrected chi connectivity index (χ2v) is 8.47. The van der Waals surface area contributed by atoms with Gasteiger partial charge in [0, 0.05) is 27.9 Å². The van der Waals surface area contributed by atoms with Gasteiger partial charge in [0.2, 0.25) is 5.60 Å². The number of hydrogen-bond donors (Lipinski definition) is 2. The predicted octanol–water partition coefficient (Wildman–Crippen LogP) is 4.50. The number of aromatic nitrogens is 1. The van der Waals surface area contributed by atoms with E-state index in [9.17, 15) is 27.9 Å². The number of aryl methyl sites for hydroxylation is 1. The molecule has 1 aliphatic carbocycles. The largest absolute Gasteiger partial charge is 0.426 e. The van der Waals surface area contributed by atoms with Crippen molar-refractivity contribution in [2.75, 3.05) is 5.32 Å². The number of carbonyl (C=O) groups excluding carboxylic acids is 1. The van der Waals surface area contributed by atoms with Gasteiger partial charge in [0.05, 0.1) is 11.1 Å². The van der Waals surface area contributed by atoms with Gasteiger partial charge in [-0.15, -0.1) is 0 Å². The van der Waals surface area contributed by atoms with Crippen LogP contribution >= 0.6 is 11.6 Å². The number of alkyl halides is 3. The van der Waals surface area contributed by atoms with Gasteiger partial charge in [0.25, 0.3) is 5.91 Å². The van der Waals surface area contributed by atoms with E-state index in [0.717, 1.165) is 0 Å². The lowest BCUT2D eigenvalue weighted by Gasteiger charge is -2.33. The van der Waals surface area contributed by atoms with Crippen molar-refractivity contribution in [3.05, 3.63) is 69.2 Å². The van der Waals surface area contributed by atoms with Crippen molar-refractivity contribution in [3.63, 3.8) is 0 Å². The molecule has 1 saturated carbocycles. The van der Waals surface area contributed by atoms with E-state index in [1.807, 2.05) is 0 Å². The van der Waals surface area contributed by atoms with Gasteiger partial charge in [-0.2, -0.15) is 13.2 Å². The maximum atomic E-state index is 14.0. The summed E-state index contributed by atoms with van der Waals surface area (Å²) in [6, 6.07) is 10.3. The summed E-state index contributed by atoms with van der Waals surface area (Å²) in [6.45, 7) is 1.55. The Balaban J connectivity index is 1.68. The predicted molar refractivity (Wildman–Crippen MR) is 112 cm³/mol. The molecule has 168 valence electrons. The van der Waals surface area contributed by atoms with Crippen LogP contribution in [0.5, 0.6) is 0 Å². The summed E-state index contributed by atoms with van der Waals surface area (Å²) < 4.78 is 46.6. The van der Waals surface area contributed by atoms with Crippen LogP contribution in [0.2, 0.25) is 5.02 Å². The van der Waals surface area contributed by atoms with Crippen molar-refractivity contribution < 1.29 is 27.6 Å². The third kappa shape index (κ3) is 3.75.